The fraction of sp³-hybridized carbons (Fsp3) is 0.462. The van der Waals surface area contributed by atoms with Crippen LogP contribution in [0, 0.1) is 0 Å². The smallest absolute Gasteiger partial charge is 0.148 e. The first-order chi connectivity index (χ1) is 8.17. The van der Waals surface area contributed by atoms with Crippen LogP contribution in [0.3, 0.4) is 0 Å². The van der Waals surface area contributed by atoms with Crippen LogP contribution in [0.25, 0.3) is 0 Å². The van der Waals surface area contributed by atoms with Gasteiger partial charge in [-0.25, -0.2) is 0 Å². The first kappa shape index (κ1) is 13.9. The van der Waals surface area contributed by atoms with Crippen LogP contribution in [0.15, 0.2) is 24.3 Å². The van der Waals surface area contributed by atoms with Crippen molar-refractivity contribution in [2.45, 2.75) is 25.9 Å². The van der Waals surface area contributed by atoms with Gasteiger partial charge in [0, 0.05) is 7.11 Å². The number of ether oxygens (including phenoxy) is 2. The molecule has 0 heterocycles. The summed E-state index contributed by atoms with van der Waals surface area (Å²) in [5.41, 5.74) is 6.81. The molecule has 1 aromatic rings. The van der Waals surface area contributed by atoms with E-state index >= 15 is 0 Å². The molecule has 2 N–H and O–H groups in total. The van der Waals surface area contributed by atoms with Gasteiger partial charge in [-0.3, -0.25) is 0 Å². The van der Waals surface area contributed by atoms with E-state index < -0.39 is 0 Å². The molecular formula is C13H19NO2S. The molecule has 0 spiro atoms. The monoisotopic (exact) mass is 253 g/mol. The Morgan fingerprint density at radius 2 is 2.00 bits per heavy atom. The van der Waals surface area contributed by atoms with Crippen molar-refractivity contribution in [2.75, 3.05) is 13.7 Å². The number of thiocarbonyl (C=S) groups is 1. The first-order valence-corrected chi connectivity index (χ1v) is 6.12. The van der Waals surface area contributed by atoms with E-state index in [9.17, 15) is 0 Å². The summed E-state index contributed by atoms with van der Waals surface area (Å²) in [5, 5.41) is 0. The lowest BCUT2D eigenvalue weighted by Crippen LogP contribution is -2.31. The highest BCUT2D eigenvalue weighted by Crippen LogP contribution is 2.15. The number of hydrogen-bond donors (Lipinski definition) is 1. The zero-order valence-corrected chi connectivity index (χ0v) is 11.1. The molecule has 17 heavy (non-hydrogen) atoms. The highest BCUT2D eigenvalue weighted by Gasteiger charge is 2.10. The van der Waals surface area contributed by atoms with Gasteiger partial charge in [-0.05, 0) is 30.5 Å². The minimum Gasteiger partial charge on any atom is -0.483 e. The first-order valence-electron chi connectivity index (χ1n) is 5.71. The average Bonchev–Trinajstić information content (AvgIpc) is 2.34. The van der Waals surface area contributed by atoms with Gasteiger partial charge in [0.15, 0.2) is 0 Å². The Morgan fingerprint density at radius 1 is 1.35 bits per heavy atom. The maximum absolute atomic E-state index is 5.69. The Kier molecular flexibility index (Phi) is 5.94. The van der Waals surface area contributed by atoms with E-state index in [0.717, 1.165) is 25.2 Å². The summed E-state index contributed by atoms with van der Waals surface area (Å²) in [6, 6.07) is 7.93. The zero-order chi connectivity index (χ0) is 12.7. The molecule has 0 saturated carbocycles. The normalized spacial score (nSPS) is 12.1. The summed E-state index contributed by atoms with van der Waals surface area (Å²) in [6.45, 7) is 2.72. The summed E-state index contributed by atoms with van der Waals surface area (Å²) < 4.78 is 10.7. The van der Waals surface area contributed by atoms with E-state index in [1.54, 1.807) is 7.11 Å². The van der Waals surface area contributed by atoms with Gasteiger partial charge in [0.1, 0.15) is 16.8 Å². The molecule has 1 aromatic carbocycles. The van der Waals surface area contributed by atoms with Crippen LogP contribution >= 0.6 is 12.2 Å². The van der Waals surface area contributed by atoms with Gasteiger partial charge in [0.2, 0.25) is 0 Å². The molecule has 0 aliphatic rings. The second-order valence-electron chi connectivity index (χ2n) is 3.80. The van der Waals surface area contributed by atoms with E-state index in [1.807, 2.05) is 31.2 Å². The van der Waals surface area contributed by atoms with Gasteiger partial charge in [-0.1, -0.05) is 31.3 Å². The van der Waals surface area contributed by atoms with Gasteiger partial charge in [-0.2, -0.15) is 0 Å². The second-order valence-corrected chi connectivity index (χ2v) is 4.28. The maximum atomic E-state index is 5.69. The van der Waals surface area contributed by atoms with Gasteiger partial charge in [-0.15, -0.1) is 0 Å². The van der Waals surface area contributed by atoms with Gasteiger partial charge in [0.05, 0.1) is 6.61 Å². The fourth-order valence-corrected chi connectivity index (χ4v) is 1.68. The van der Waals surface area contributed by atoms with E-state index in [2.05, 4.69) is 0 Å². The Labute approximate surface area is 108 Å². The topological polar surface area (TPSA) is 44.5 Å². The highest BCUT2D eigenvalue weighted by molar-refractivity contribution is 7.80. The van der Waals surface area contributed by atoms with Crippen LogP contribution in [0.2, 0.25) is 0 Å². The molecule has 0 amide bonds. The molecule has 1 atom stereocenters. The number of rotatable bonds is 7. The molecule has 0 bridgehead atoms. The molecule has 3 nitrogen and oxygen atoms in total. The lowest BCUT2D eigenvalue weighted by molar-refractivity contribution is 0.202. The van der Waals surface area contributed by atoms with E-state index in [-0.39, 0.29) is 6.10 Å². The molecule has 4 heteroatoms. The van der Waals surface area contributed by atoms with Crippen molar-refractivity contribution in [2.24, 2.45) is 5.73 Å². The zero-order valence-electron chi connectivity index (χ0n) is 10.3. The average molecular weight is 253 g/mol. The molecule has 0 radical (unpaired) electrons. The molecule has 1 unspecified atom stereocenters. The number of methoxy groups -OCH3 is 1. The number of benzene rings is 1. The fourth-order valence-electron chi connectivity index (χ4n) is 1.46. The maximum Gasteiger partial charge on any atom is 0.148 e. The second kappa shape index (κ2) is 7.25. The molecule has 1 rings (SSSR count). The Morgan fingerprint density at radius 3 is 2.47 bits per heavy atom. The van der Waals surface area contributed by atoms with Crippen LogP contribution < -0.4 is 10.5 Å². The van der Waals surface area contributed by atoms with Crippen LogP contribution in [0.1, 0.15) is 18.9 Å². The molecular weight excluding hydrogens is 234 g/mol. The van der Waals surface area contributed by atoms with Crippen molar-refractivity contribution in [3.63, 3.8) is 0 Å². The Balaban J connectivity index is 2.58. The van der Waals surface area contributed by atoms with E-state index in [0.29, 0.717) is 4.99 Å². The van der Waals surface area contributed by atoms with Crippen LogP contribution in [0.4, 0.5) is 0 Å². The summed E-state index contributed by atoms with van der Waals surface area (Å²) in [5.74, 6) is 0.797. The van der Waals surface area contributed by atoms with Crippen molar-refractivity contribution in [3.8, 4) is 5.75 Å². The van der Waals surface area contributed by atoms with E-state index in [4.69, 9.17) is 27.4 Å². The number of hydrogen-bond acceptors (Lipinski definition) is 3. The summed E-state index contributed by atoms with van der Waals surface area (Å²) >= 11 is 4.93. The highest BCUT2D eigenvalue weighted by atomic mass is 32.1. The minimum atomic E-state index is -0.185. The third-order valence-corrected chi connectivity index (χ3v) is 2.75. The standard InChI is InChI=1S/C13H19NO2S/c1-3-12(13(14)17)16-11-6-4-10(5-7-11)8-9-15-2/h4-7,12H,3,8-9H2,1-2H3,(H2,14,17). The third-order valence-electron chi connectivity index (χ3n) is 2.48. The van der Waals surface area contributed by atoms with Crippen LogP contribution in [-0.2, 0) is 11.2 Å². The predicted molar refractivity (Wildman–Crippen MR) is 73.5 cm³/mol. The minimum absolute atomic E-state index is 0.185. The van der Waals surface area contributed by atoms with Gasteiger partial charge >= 0.3 is 0 Å². The third kappa shape index (κ3) is 4.71. The largest absolute Gasteiger partial charge is 0.483 e. The Hall–Kier alpha value is -1.13. The molecule has 94 valence electrons. The van der Waals surface area contributed by atoms with Crippen molar-refractivity contribution < 1.29 is 9.47 Å². The molecule has 0 fully saturated rings. The van der Waals surface area contributed by atoms with Crippen molar-refractivity contribution in [3.05, 3.63) is 29.8 Å². The lowest BCUT2D eigenvalue weighted by atomic mass is 10.1. The number of nitrogens with two attached hydrogens (primary N) is 1. The lowest BCUT2D eigenvalue weighted by Gasteiger charge is -2.16. The van der Waals surface area contributed by atoms with Gasteiger partial charge in [0.25, 0.3) is 0 Å². The van der Waals surface area contributed by atoms with Crippen LogP contribution in [0.5, 0.6) is 5.75 Å². The molecule has 0 saturated heterocycles. The molecule has 0 aliphatic heterocycles. The predicted octanol–water partition coefficient (Wildman–Crippen LogP) is 2.32. The van der Waals surface area contributed by atoms with Crippen molar-refractivity contribution in [1.29, 1.82) is 0 Å². The summed E-state index contributed by atoms with van der Waals surface area (Å²) in [7, 11) is 1.70. The quantitative estimate of drug-likeness (QED) is 0.757. The summed E-state index contributed by atoms with van der Waals surface area (Å²) in [4.78, 5) is 0.399. The van der Waals surface area contributed by atoms with Crippen LogP contribution in [-0.4, -0.2) is 24.8 Å². The summed E-state index contributed by atoms with van der Waals surface area (Å²) in [6.07, 6.45) is 1.50. The van der Waals surface area contributed by atoms with E-state index in [1.165, 1.54) is 5.56 Å². The van der Waals surface area contributed by atoms with Crippen molar-refractivity contribution >= 4 is 17.2 Å². The Bertz CT molecular complexity index is 351. The van der Waals surface area contributed by atoms with Crippen molar-refractivity contribution in [1.82, 2.24) is 0 Å². The van der Waals surface area contributed by atoms with Gasteiger partial charge < -0.3 is 15.2 Å². The molecule has 0 aliphatic carbocycles. The SMILES string of the molecule is CCC(Oc1ccc(CCOC)cc1)C(N)=S. The molecule has 0 aromatic heterocycles.